The van der Waals surface area contributed by atoms with Crippen LogP contribution in [-0.2, 0) is 17.9 Å². The topological polar surface area (TPSA) is 76.9 Å². The minimum Gasteiger partial charge on any atom is -0.350 e. The first-order chi connectivity index (χ1) is 11.7. The lowest BCUT2D eigenvalue weighted by atomic mass is 10.1. The highest BCUT2D eigenvalue weighted by Gasteiger charge is 2.25. The Morgan fingerprint density at radius 3 is 2.67 bits per heavy atom. The van der Waals surface area contributed by atoms with Gasteiger partial charge < -0.3 is 5.32 Å². The van der Waals surface area contributed by atoms with E-state index in [0.717, 1.165) is 24.1 Å². The molecule has 0 saturated heterocycles. The minimum absolute atomic E-state index is 0.00742. The Labute approximate surface area is 140 Å². The number of nitrogens with one attached hydrogen (secondary N) is 1. The van der Waals surface area contributed by atoms with Crippen molar-refractivity contribution in [2.75, 3.05) is 0 Å². The Morgan fingerprint density at radius 1 is 1.17 bits per heavy atom. The van der Waals surface area contributed by atoms with Gasteiger partial charge in [-0.25, -0.2) is 4.98 Å². The SMILES string of the molecule is O=C(Cn1cnc(C2CC2)cc1=O)NCc1cncc(C2CC2)c1. The van der Waals surface area contributed by atoms with E-state index in [1.165, 1.54) is 29.3 Å². The summed E-state index contributed by atoms with van der Waals surface area (Å²) in [6.45, 7) is 0.418. The van der Waals surface area contributed by atoms with E-state index in [9.17, 15) is 9.59 Å². The number of aromatic nitrogens is 3. The molecular formula is C18H20N4O2. The molecule has 2 saturated carbocycles. The maximum atomic E-state index is 12.1. The Kier molecular flexibility index (Phi) is 3.88. The van der Waals surface area contributed by atoms with E-state index in [2.05, 4.69) is 21.4 Å². The van der Waals surface area contributed by atoms with Crippen molar-refractivity contribution in [3.05, 3.63) is 58.0 Å². The van der Waals surface area contributed by atoms with Crippen LogP contribution >= 0.6 is 0 Å². The molecule has 2 aliphatic carbocycles. The minimum atomic E-state index is -0.199. The van der Waals surface area contributed by atoms with Crippen LogP contribution in [0.2, 0.25) is 0 Å². The smallest absolute Gasteiger partial charge is 0.254 e. The third-order valence-electron chi connectivity index (χ3n) is 4.56. The molecule has 6 heteroatoms. The zero-order valence-corrected chi connectivity index (χ0v) is 13.4. The molecule has 0 unspecified atom stereocenters. The molecule has 6 nitrogen and oxygen atoms in total. The second-order valence-corrected chi connectivity index (χ2v) is 6.73. The van der Waals surface area contributed by atoms with Crippen LogP contribution in [0.5, 0.6) is 0 Å². The molecule has 0 atom stereocenters. The van der Waals surface area contributed by atoms with Crippen molar-refractivity contribution in [1.29, 1.82) is 0 Å². The molecule has 1 amide bonds. The zero-order chi connectivity index (χ0) is 16.5. The van der Waals surface area contributed by atoms with Gasteiger partial charge in [-0.3, -0.25) is 19.1 Å². The van der Waals surface area contributed by atoms with Crippen LogP contribution in [-0.4, -0.2) is 20.4 Å². The van der Waals surface area contributed by atoms with Gasteiger partial charge >= 0.3 is 0 Å². The van der Waals surface area contributed by atoms with Crippen LogP contribution in [0.4, 0.5) is 0 Å². The highest BCUT2D eigenvalue weighted by atomic mass is 16.2. The summed E-state index contributed by atoms with van der Waals surface area (Å²) in [4.78, 5) is 32.6. The van der Waals surface area contributed by atoms with Crippen LogP contribution in [0.15, 0.2) is 35.6 Å². The first-order valence-electron chi connectivity index (χ1n) is 8.46. The lowest BCUT2D eigenvalue weighted by Crippen LogP contribution is -2.32. The average molecular weight is 324 g/mol. The Morgan fingerprint density at radius 2 is 1.96 bits per heavy atom. The Bertz CT molecular complexity index is 822. The molecular weight excluding hydrogens is 304 g/mol. The van der Waals surface area contributed by atoms with Crippen LogP contribution in [0.25, 0.3) is 0 Å². The predicted molar refractivity (Wildman–Crippen MR) is 88.5 cm³/mol. The molecule has 124 valence electrons. The lowest BCUT2D eigenvalue weighted by molar-refractivity contribution is -0.121. The molecule has 2 heterocycles. The first kappa shape index (κ1) is 15.1. The molecule has 2 fully saturated rings. The van der Waals surface area contributed by atoms with Gasteiger partial charge in [0.25, 0.3) is 5.56 Å². The van der Waals surface area contributed by atoms with E-state index in [-0.39, 0.29) is 18.0 Å². The summed E-state index contributed by atoms with van der Waals surface area (Å²) in [6, 6.07) is 3.65. The quantitative estimate of drug-likeness (QED) is 0.877. The Balaban J connectivity index is 1.34. The van der Waals surface area contributed by atoms with Crippen molar-refractivity contribution < 1.29 is 4.79 Å². The summed E-state index contributed by atoms with van der Waals surface area (Å²) >= 11 is 0. The highest BCUT2D eigenvalue weighted by molar-refractivity contribution is 5.75. The van der Waals surface area contributed by atoms with Gasteiger partial charge in [-0.1, -0.05) is 6.07 Å². The van der Waals surface area contributed by atoms with E-state index in [1.807, 2.05) is 6.20 Å². The fourth-order valence-electron chi connectivity index (χ4n) is 2.82. The fraction of sp³-hybridized carbons (Fsp3) is 0.444. The van der Waals surface area contributed by atoms with Crippen molar-refractivity contribution >= 4 is 5.91 Å². The number of pyridine rings is 1. The van der Waals surface area contributed by atoms with Gasteiger partial charge in [0.15, 0.2) is 0 Å². The summed E-state index contributed by atoms with van der Waals surface area (Å²) in [5.74, 6) is 0.880. The van der Waals surface area contributed by atoms with Crippen LogP contribution < -0.4 is 10.9 Å². The molecule has 2 aromatic rings. The lowest BCUT2D eigenvalue weighted by Gasteiger charge is -2.08. The average Bonchev–Trinajstić information content (AvgIpc) is 3.48. The highest BCUT2D eigenvalue weighted by Crippen LogP contribution is 2.39. The molecule has 0 radical (unpaired) electrons. The first-order valence-corrected chi connectivity index (χ1v) is 8.46. The molecule has 0 bridgehead atoms. The largest absolute Gasteiger partial charge is 0.350 e. The molecule has 2 aromatic heterocycles. The van der Waals surface area contributed by atoms with Gasteiger partial charge in [0.1, 0.15) is 6.54 Å². The number of rotatable bonds is 6. The normalized spacial score (nSPS) is 16.8. The zero-order valence-electron chi connectivity index (χ0n) is 13.4. The van der Waals surface area contributed by atoms with Crippen molar-refractivity contribution in [1.82, 2.24) is 19.9 Å². The third-order valence-corrected chi connectivity index (χ3v) is 4.56. The summed E-state index contributed by atoms with van der Waals surface area (Å²) in [5.41, 5.74) is 2.92. The van der Waals surface area contributed by atoms with E-state index in [4.69, 9.17) is 0 Å². The molecule has 2 aliphatic rings. The maximum Gasteiger partial charge on any atom is 0.254 e. The summed E-state index contributed by atoms with van der Waals surface area (Å²) in [7, 11) is 0. The standard InChI is InChI=1S/C18H20N4O2/c23-17(10-22-11-21-16(6-18(22)24)14-3-4-14)20-8-12-5-15(9-19-7-12)13-1-2-13/h5-7,9,11,13-14H,1-4,8,10H2,(H,20,23). The molecule has 0 aromatic carbocycles. The molecule has 4 rings (SSSR count). The van der Waals surface area contributed by atoms with Gasteiger partial charge in [0, 0.05) is 30.9 Å². The van der Waals surface area contributed by atoms with Crippen LogP contribution in [0, 0.1) is 0 Å². The van der Waals surface area contributed by atoms with E-state index < -0.39 is 0 Å². The van der Waals surface area contributed by atoms with Crippen LogP contribution in [0.1, 0.15) is 54.3 Å². The van der Waals surface area contributed by atoms with Gasteiger partial charge in [0.2, 0.25) is 5.91 Å². The van der Waals surface area contributed by atoms with E-state index in [0.29, 0.717) is 18.4 Å². The van der Waals surface area contributed by atoms with E-state index in [1.54, 1.807) is 12.3 Å². The van der Waals surface area contributed by atoms with E-state index >= 15 is 0 Å². The number of hydrogen-bond donors (Lipinski definition) is 1. The second-order valence-electron chi connectivity index (χ2n) is 6.73. The van der Waals surface area contributed by atoms with Gasteiger partial charge in [0.05, 0.1) is 12.0 Å². The maximum absolute atomic E-state index is 12.1. The van der Waals surface area contributed by atoms with Crippen molar-refractivity contribution in [3.8, 4) is 0 Å². The monoisotopic (exact) mass is 324 g/mol. The number of carbonyl (C=O) groups excluding carboxylic acids is 1. The molecule has 24 heavy (non-hydrogen) atoms. The van der Waals surface area contributed by atoms with Crippen LogP contribution in [0.3, 0.4) is 0 Å². The molecule has 0 aliphatic heterocycles. The van der Waals surface area contributed by atoms with Crippen molar-refractivity contribution in [2.45, 2.75) is 50.6 Å². The Hall–Kier alpha value is -2.50. The van der Waals surface area contributed by atoms with Gasteiger partial charge in [-0.15, -0.1) is 0 Å². The van der Waals surface area contributed by atoms with Gasteiger partial charge in [-0.05, 0) is 42.7 Å². The summed E-state index contributed by atoms with van der Waals surface area (Å²) < 4.78 is 1.35. The fourth-order valence-corrected chi connectivity index (χ4v) is 2.82. The molecule has 1 N–H and O–H groups in total. The second kappa shape index (κ2) is 6.19. The van der Waals surface area contributed by atoms with Crippen molar-refractivity contribution in [2.24, 2.45) is 0 Å². The molecule has 0 spiro atoms. The summed E-state index contributed by atoms with van der Waals surface area (Å²) in [5, 5.41) is 2.84. The summed E-state index contributed by atoms with van der Waals surface area (Å²) in [6.07, 6.45) is 9.80. The number of nitrogens with zero attached hydrogens (tertiary/aromatic N) is 3. The van der Waals surface area contributed by atoms with Gasteiger partial charge in [-0.2, -0.15) is 0 Å². The number of amides is 1. The van der Waals surface area contributed by atoms with Crippen molar-refractivity contribution in [3.63, 3.8) is 0 Å². The number of carbonyl (C=O) groups is 1. The predicted octanol–water partition coefficient (Wildman–Crippen LogP) is 1.71. The number of hydrogen-bond acceptors (Lipinski definition) is 4. The third kappa shape index (κ3) is 3.53.